The van der Waals surface area contributed by atoms with Crippen LogP contribution in [0.3, 0.4) is 0 Å². The summed E-state index contributed by atoms with van der Waals surface area (Å²) in [5.41, 5.74) is 10.1. The molecule has 0 atom stereocenters. The van der Waals surface area contributed by atoms with Gasteiger partial charge < -0.3 is 11.5 Å². The highest BCUT2D eigenvalue weighted by molar-refractivity contribution is 5.90. The van der Waals surface area contributed by atoms with E-state index in [2.05, 4.69) is 13.5 Å². The fraction of sp³-hybridized carbons (Fsp3) is 0.571. The van der Waals surface area contributed by atoms with E-state index >= 15 is 0 Å². The lowest BCUT2D eigenvalue weighted by atomic mass is 10.3. The summed E-state index contributed by atoms with van der Waals surface area (Å²) in [6.45, 7) is 7.73. The van der Waals surface area contributed by atoms with Gasteiger partial charge in [-0.05, 0) is 19.9 Å². The summed E-state index contributed by atoms with van der Waals surface area (Å²) in [6.07, 6.45) is 1.10. The summed E-state index contributed by atoms with van der Waals surface area (Å²) in [7, 11) is 0. The Morgan fingerprint density at radius 2 is 1.80 bits per heavy atom. The first-order valence-electron chi connectivity index (χ1n) is 3.21. The van der Waals surface area contributed by atoms with E-state index in [1.54, 1.807) is 6.92 Å². The van der Waals surface area contributed by atoms with E-state index in [4.69, 9.17) is 11.5 Å². The fourth-order valence-corrected chi connectivity index (χ4v) is 0. The molecule has 0 fully saturated rings. The number of nitrogens with two attached hydrogens (primary N) is 2. The van der Waals surface area contributed by atoms with Gasteiger partial charge in [0.15, 0.2) is 0 Å². The van der Waals surface area contributed by atoms with Crippen LogP contribution in [0.1, 0.15) is 20.3 Å². The maximum atomic E-state index is 9.82. The summed E-state index contributed by atoms with van der Waals surface area (Å²) in [4.78, 5) is 9.82. The zero-order valence-corrected chi connectivity index (χ0v) is 6.68. The summed E-state index contributed by atoms with van der Waals surface area (Å²) in [5, 5.41) is 0. The van der Waals surface area contributed by atoms with Crippen LogP contribution < -0.4 is 11.5 Å². The van der Waals surface area contributed by atoms with E-state index in [0.29, 0.717) is 5.57 Å². The molecule has 60 valence electrons. The third-order valence-corrected chi connectivity index (χ3v) is 0.709. The Hall–Kier alpha value is -0.830. The molecule has 0 aliphatic rings. The van der Waals surface area contributed by atoms with Crippen molar-refractivity contribution >= 4 is 5.91 Å². The second-order valence-electron chi connectivity index (χ2n) is 1.93. The minimum atomic E-state index is -0.435. The van der Waals surface area contributed by atoms with Gasteiger partial charge in [0.2, 0.25) is 5.91 Å². The molecule has 0 radical (unpaired) electrons. The number of primary amides is 1. The zero-order valence-electron chi connectivity index (χ0n) is 6.68. The molecule has 0 saturated heterocycles. The molecule has 4 N–H and O–H groups in total. The van der Waals surface area contributed by atoms with Crippen molar-refractivity contribution in [1.82, 2.24) is 0 Å². The minimum absolute atomic E-state index is 0.398. The molecule has 0 aromatic heterocycles. The topological polar surface area (TPSA) is 69.1 Å². The van der Waals surface area contributed by atoms with Gasteiger partial charge in [-0.15, -0.1) is 0 Å². The molecule has 0 unspecified atom stereocenters. The Balaban J connectivity index is 0. The molecular formula is C7H16N2O. The van der Waals surface area contributed by atoms with Crippen LogP contribution in [0.5, 0.6) is 0 Å². The molecule has 10 heavy (non-hydrogen) atoms. The SMILES string of the molecule is C=C(C)C(N)=O.CCCN. The molecule has 0 heterocycles. The highest BCUT2D eigenvalue weighted by Crippen LogP contribution is 1.78. The summed E-state index contributed by atoms with van der Waals surface area (Å²) in [6, 6.07) is 0. The van der Waals surface area contributed by atoms with Gasteiger partial charge in [-0.2, -0.15) is 0 Å². The van der Waals surface area contributed by atoms with Crippen molar-refractivity contribution in [3.05, 3.63) is 12.2 Å². The third kappa shape index (κ3) is 15.7. The van der Waals surface area contributed by atoms with E-state index in [1.807, 2.05) is 0 Å². The van der Waals surface area contributed by atoms with Crippen LogP contribution in [0.4, 0.5) is 0 Å². The van der Waals surface area contributed by atoms with Crippen molar-refractivity contribution in [2.24, 2.45) is 11.5 Å². The van der Waals surface area contributed by atoms with Gasteiger partial charge in [0, 0.05) is 5.57 Å². The molecule has 3 heteroatoms. The van der Waals surface area contributed by atoms with E-state index in [-0.39, 0.29) is 0 Å². The quantitative estimate of drug-likeness (QED) is 0.551. The zero-order chi connectivity index (χ0) is 8.57. The highest BCUT2D eigenvalue weighted by atomic mass is 16.1. The average Bonchev–Trinajstić information content (AvgIpc) is 1.89. The summed E-state index contributed by atoms with van der Waals surface area (Å²) in [5.74, 6) is -0.435. The first-order valence-corrected chi connectivity index (χ1v) is 3.21. The lowest BCUT2D eigenvalue weighted by Crippen LogP contribution is -2.10. The first kappa shape index (κ1) is 11.9. The highest BCUT2D eigenvalue weighted by Gasteiger charge is 1.86. The second kappa shape index (κ2) is 8.17. The normalized spacial score (nSPS) is 7.50. The Morgan fingerprint density at radius 1 is 1.60 bits per heavy atom. The Bertz CT molecular complexity index is 96.2. The maximum Gasteiger partial charge on any atom is 0.243 e. The number of amides is 1. The van der Waals surface area contributed by atoms with Crippen LogP contribution in [-0.2, 0) is 4.79 Å². The predicted octanol–water partition coefficient (Wildman–Crippen LogP) is 0.403. The smallest absolute Gasteiger partial charge is 0.243 e. The standard InChI is InChI=1S/C4H7NO.C3H9N/c1-3(2)4(5)6;1-2-3-4/h1H2,2H3,(H2,5,6);2-4H2,1H3. The number of carbonyl (C=O) groups is 1. The largest absolute Gasteiger partial charge is 0.366 e. The van der Waals surface area contributed by atoms with Crippen LogP contribution in [0.2, 0.25) is 0 Å². The van der Waals surface area contributed by atoms with Gasteiger partial charge in [0.1, 0.15) is 0 Å². The number of rotatable bonds is 2. The predicted molar refractivity (Wildman–Crippen MR) is 43.4 cm³/mol. The molecule has 0 aliphatic carbocycles. The molecule has 0 rings (SSSR count). The van der Waals surface area contributed by atoms with Crippen molar-refractivity contribution in [3.8, 4) is 0 Å². The molecule has 3 nitrogen and oxygen atoms in total. The summed E-state index contributed by atoms with van der Waals surface area (Å²) < 4.78 is 0. The lowest BCUT2D eigenvalue weighted by molar-refractivity contribution is -0.114. The molecule has 0 aliphatic heterocycles. The Labute approximate surface area is 62.1 Å². The van der Waals surface area contributed by atoms with Crippen molar-refractivity contribution in [2.75, 3.05) is 6.54 Å². The van der Waals surface area contributed by atoms with Crippen molar-refractivity contribution < 1.29 is 4.79 Å². The Kier molecular flexibility index (Phi) is 9.73. The number of carbonyl (C=O) groups excluding carboxylic acids is 1. The van der Waals surface area contributed by atoms with Gasteiger partial charge in [-0.3, -0.25) is 4.79 Å². The van der Waals surface area contributed by atoms with E-state index in [9.17, 15) is 4.79 Å². The van der Waals surface area contributed by atoms with Crippen LogP contribution >= 0.6 is 0 Å². The van der Waals surface area contributed by atoms with E-state index < -0.39 is 5.91 Å². The van der Waals surface area contributed by atoms with Crippen molar-refractivity contribution in [3.63, 3.8) is 0 Å². The van der Waals surface area contributed by atoms with Crippen LogP contribution in [0.15, 0.2) is 12.2 Å². The van der Waals surface area contributed by atoms with Crippen LogP contribution in [-0.4, -0.2) is 12.5 Å². The molecule has 0 aromatic rings. The van der Waals surface area contributed by atoms with Crippen LogP contribution in [0, 0.1) is 0 Å². The summed E-state index contributed by atoms with van der Waals surface area (Å²) >= 11 is 0. The van der Waals surface area contributed by atoms with E-state index in [1.165, 1.54) is 0 Å². The molecule has 0 spiro atoms. The van der Waals surface area contributed by atoms with Crippen molar-refractivity contribution in [1.29, 1.82) is 0 Å². The van der Waals surface area contributed by atoms with E-state index in [0.717, 1.165) is 13.0 Å². The van der Waals surface area contributed by atoms with Gasteiger partial charge in [-0.1, -0.05) is 13.5 Å². The fourth-order valence-electron chi connectivity index (χ4n) is 0. The minimum Gasteiger partial charge on any atom is -0.366 e. The lowest BCUT2D eigenvalue weighted by Gasteiger charge is -1.81. The Morgan fingerprint density at radius 3 is 1.80 bits per heavy atom. The monoisotopic (exact) mass is 144 g/mol. The van der Waals surface area contributed by atoms with Crippen molar-refractivity contribution in [2.45, 2.75) is 20.3 Å². The van der Waals surface area contributed by atoms with Gasteiger partial charge in [0.25, 0.3) is 0 Å². The molecule has 0 bridgehead atoms. The van der Waals surface area contributed by atoms with Gasteiger partial charge in [-0.25, -0.2) is 0 Å². The second-order valence-corrected chi connectivity index (χ2v) is 1.93. The molecular weight excluding hydrogens is 128 g/mol. The molecule has 0 saturated carbocycles. The maximum absolute atomic E-state index is 9.82. The number of hydrogen-bond donors (Lipinski definition) is 2. The van der Waals surface area contributed by atoms with Crippen LogP contribution in [0.25, 0.3) is 0 Å². The van der Waals surface area contributed by atoms with Gasteiger partial charge in [0.05, 0.1) is 0 Å². The number of hydrogen-bond acceptors (Lipinski definition) is 2. The average molecular weight is 144 g/mol. The third-order valence-electron chi connectivity index (χ3n) is 0.709. The van der Waals surface area contributed by atoms with Gasteiger partial charge >= 0.3 is 0 Å². The first-order chi connectivity index (χ1) is 4.56. The molecule has 1 amide bonds. The molecule has 0 aromatic carbocycles.